The van der Waals surface area contributed by atoms with Crippen LogP contribution in [0.2, 0.25) is 0 Å². The molecule has 1 aromatic carbocycles. The topological polar surface area (TPSA) is 53.0 Å². The number of fused-ring (bicyclic) bond motifs is 1. The first-order valence-electron chi connectivity index (χ1n) is 6.33. The third-order valence-electron chi connectivity index (χ3n) is 3.73. The average molecular weight is 269 g/mol. The van der Waals surface area contributed by atoms with Crippen molar-refractivity contribution >= 4 is 22.7 Å². The molecule has 4 heteroatoms. The predicted molar refractivity (Wildman–Crippen MR) is 79.4 cm³/mol. The molecule has 1 atom stereocenters. The van der Waals surface area contributed by atoms with E-state index in [1.807, 2.05) is 23.5 Å². The van der Waals surface area contributed by atoms with E-state index in [0.717, 1.165) is 18.7 Å². The zero-order chi connectivity index (χ0) is 13.4. The lowest BCUT2D eigenvalue weighted by atomic mass is 9.99. The summed E-state index contributed by atoms with van der Waals surface area (Å²) in [5.74, 6) is 0. The van der Waals surface area contributed by atoms with Gasteiger partial charge >= 0.3 is 0 Å². The van der Waals surface area contributed by atoms with E-state index >= 15 is 0 Å². The molecule has 3 rings (SSSR count). The molecule has 19 heavy (non-hydrogen) atoms. The maximum Gasteiger partial charge on any atom is 0.101 e. The lowest BCUT2D eigenvalue weighted by Gasteiger charge is -2.36. The van der Waals surface area contributed by atoms with Gasteiger partial charge in [-0.1, -0.05) is 0 Å². The van der Waals surface area contributed by atoms with Crippen molar-refractivity contribution in [1.82, 2.24) is 0 Å². The Morgan fingerprint density at radius 2 is 2.26 bits per heavy atom. The van der Waals surface area contributed by atoms with E-state index < -0.39 is 0 Å². The summed E-state index contributed by atoms with van der Waals surface area (Å²) in [7, 11) is 0. The van der Waals surface area contributed by atoms with Crippen molar-refractivity contribution in [2.24, 2.45) is 0 Å². The Kier molecular flexibility index (Phi) is 2.92. The fraction of sp³-hybridized carbons (Fsp3) is 0.267. The summed E-state index contributed by atoms with van der Waals surface area (Å²) in [6.07, 6.45) is 1.05. The molecule has 0 aliphatic carbocycles. The molecule has 0 bridgehead atoms. The fourth-order valence-electron chi connectivity index (χ4n) is 2.73. The molecule has 1 aromatic heterocycles. The molecule has 2 heterocycles. The molecule has 1 unspecified atom stereocenters. The lowest BCUT2D eigenvalue weighted by molar-refractivity contribution is 0.632. The summed E-state index contributed by atoms with van der Waals surface area (Å²) >= 11 is 1.83. The van der Waals surface area contributed by atoms with Gasteiger partial charge in [-0.2, -0.15) is 5.26 Å². The van der Waals surface area contributed by atoms with Crippen molar-refractivity contribution in [2.75, 3.05) is 17.2 Å². The molecular formula is C15H15N3S. The number of nitriles is 1. The van der Waals surface area contributed by atoms with Gasteiger partial charge in [-0.15, -0.1) is 11.3 Å². The normalized spacial score (nSPS) is 17.9. The predicted octanol–water partition coefficient (Wildman–Crippen LogP) is 3.33. The fourth-order valence-corrected chi connectivity index (χ4v) is 3.69. The first-order chi connectivity index (χ1) is 9.20. The van der Waals surface area contributed by atoms with Crippen molar-refractivity contribution in [1.29, 1.82) is 5.26 Å². The Bertz CT molecular complexity index is 654. The van der Waals surface area contributed by atoms with Crippen LogP contribution in [-0.2, 0) is 6.42 Å². The Morgan fingerprint density at radius 3 is 3.05 bits per heavy atom. The van der Waals surface area contributed by atoms with Crippen molar-refractivity contribution in [3.63, 3.8) is 0 Å². The highest BCUT2D eigenvalue weighted by Crippen LogP contribution is 2.37. The second kappa shape index (κ2) is 4.60. The van der Waals surface area contributed by atoms with Gasteiger partial charge in [0, 0.05) is 17.1 Å². The SMILES string of the molecule is CC1c2ccsc2CCN1c1ccc(N)cc1C#N. The van der Waals surface area contributed by atoms with E-state index in [-0.39, 0.29) is 0 Å². The van der Waals surface area contributed by atoms with Crippen LogP contribution in [0.4, 0.5) is 11.4 Å². The molecule has 0 fully saturated rings. The largest absolute Gasteiger partial charge is 0.399 e. The number of hydrogen-bond acceptors (Lipinski definition) is 4. The highest BCUT2D eigenvalue weighted by molar-refractivity contribution is 7.10. The second-order valence-corrected chi connectivity index (χ2v) is 5.81. The molecule has 0 saturated carbocycles. The van der Waals surface area contributed by atoms with Crippen LogP contribution in [-0.4, -0.2) is 6.54 Å². The first kappa shape index (κ1) is 12.1. The molecule has 1 aliphatic heterocycles. The lowest BCUT2D eigenvalue weighted by Crippen LogP contribution is -2.33. The van der Waals surface area contributed by atoms with Crippen LogP contribution in [0.15, 0.2) is 29.6 Å². The van der Waals surface area contributed by atoms with E-state index in [0.29, 0.717) is 17.3 Å². The van der Waals surface area contributed by atoms with Gasteiger partial charge in [0.25, 0.3) is 0 Å². The van der Waals surface area contributed by atoms with Gasteiger partial charge in [0.15, 0.2) is 0 Å². The van der Waals surface area contributed by atoms with Crippen LogP contribution in [0.25, 0.3) is 0 Å². The van der Waals surface area contributed by atoms with Crippen molar-refractivity contribution in [3.05, 3.63) is 45.6 Å². The molecule has 0 amide bonds. The molecule has 2 aromatic rings. The Balaban J connectivity index is 2.03. The molecule has 3 nitrogen and oxygen atoms in total. The van der Waals surface area contributed by atoms with E-state index in [9.17, 15) is 5.26 Å². The van der Waals surface area contributed by atoms with Gasteiger partial charge in [0.05, 0.1) is 17.3 Å². The minimum Gasteiger partial charge on any atom is -0.399 e. The maximum absolute atomic E-state index is 9.28. The summed E-state index contributed by atoms with van der Waals surface area (Å²) in [6.45, 7) is 3.15. The smallest absolute Gasteiger partial charge is 0.101 e. The van der Waals surface area contributed by atoms with Gasteiger partial charge in [0.1, 0.15) is 6.07 Å². The van der Waals surface area contributed by atoms with E-state index in [2.05, 4.69) is 29.3 Å². The number of nitrogen functional groups attached to an aromatic ring is 1. The monoisotopic (exact) mass is 269 g/mol. The van der Waals surface area contributed by atoms with Crippen LogP contribution in [0, 0.1) is 11.3 Å². The minimum absolute atomic E-state index is 0.311. The Labute approximate surface area is 116 Å². The molecule has 96 valence electrons. The van der Waals surface area contributed by atoms with Crippen LogP contribution < -0.4 is 10.6 Å². The number of nitrogens with zero attached hydrogens (tertiary/aromatic N) is 2. The van der Waals surface area contributed by atoms with Gasteiger partial charge < -0.3 is 10.6 Å². The molecule has 0 spiro atoms. The summed E-state index contributed by atoms with van der Waals surface area (Å²) in [5.41, 5.74) is 9.43. The third-order valence-corrected chi connectivity index (χ3v) is 4.72. The van der Waals surface area contributed by atoms with Gasteiger partial charge in [-0.3, -0.25) is 0 Å². The number of benzene rings is 1. The third kappa shape index (κ3) is 1.96. The maximum atomic E-state index is 9.28. The highest BCUT2D eigenvalue weighted by atomic mass is 32.1. The van der Waals surface area contributed by atoms with Gasteiger partial charge in [-0.25, -0.2) is 0 Å². The van der Waals surface area contributed by atoms with Crippen LogP contribution >= 0.6 is 11.3 Å². The molecular weight excluding hydrogens is 254 g/mol. The van der Waals surface area contributed by atoms with Crippen LogP contribution in [0.1, 0.15) is 29.0 Å². The summed E-state index contributed by atoms with van der Waals surface area (Å²) in [5, 5.41) is 11.4. The number of nitrogens with two attached hydrogens (primary N) is 1. The second-order valence-electron chi connectivity index (χ2n) is 4.81. The number of hydrogen-bond donors (Lipinski definition) is 1. The van der Waals surface area contributed by atoms with E-state index in [1.165, 1.54) is 10.4 Å². The number of anilines is 2. The average Bonchev–Trinajstić information content (AvgIpc) is 2.89. The molecule has 2 N–H and O–H groups in total. The Hall–Kier alpha value is -1.99. The standard InChI is InChI=1S/C15H15N3S/c1-10-13-5-7-19-15(13)4-6-18(10)14-3-2-12(17)8-11(14)9-16/h2-3,5,7-8,10H,4,6,17H2,1H3. The zero-order valence-corrected chi connectivity index (χ0v) is 11.6. The van der Waals surface area contributed by atoms with Crippen molar-refractivity contribution < 1.29 is 0 Å². The van der Waals surface area contributed by atoms with Crippen molar-refractivity contribution in [3.8, 4) is 6.07 Å². The molecule has 0 saturated heterocycles. The highest BCUT2D eigenvalue weighted by Gasteiger charge is 2.26. The zero-order valence-electron chi connectivity index (χ0n) is 10.8. The van der Waals surface area contributed by atoms with Crippen LogP contribution in [0.3, 0.4) is 0 Å². The summed E-state index contributed by atoms with van der Waals surface area (Å²) in [4.78, 5) is 3.77. The molecule has 1 aliphatic rings. The van der Waals surface area contributed by atoms with E-state index in [4.69, 9.17) is 5.73 Å². The summed E-state index contributed by atoms with van der Waals surface area (Å²) in [6, 6.07) is 10.3. The molecule has 0 radical (unpaired) electrons. The van der Waals surface area contributed by atoms with Crippen molar-refractivity contribution in [2.45, 2.75) is 19.4 Å². The Morgan fingerprint density at radius 1 is 1.42 bits per heavy atom. The van der Waals surface area contributed by atoms with Gasteiger partial charge in [0.2, 0.25) is 0 Å². The number of thiophene rings is 1. The number of rotatable bonds is 1. The van der Waals surface area contributed by atoms with E-state index in [1.54, 1.807) is 6.07 Å². The summed E-state index contributed by atoms with van der Waals surface area (Å²) < 4.78 is 0. The quantitative estimate of drug-likeness (QED) is 0.808. The minimum atomic E-state index is 0.311. The van der Waals surface area contributed by atoms with Crippen LogP contribution in [0.5, 0.6) is 0 Å². The first-order valence-corrected chi connectivity index (χ1v) is 7.21. The van der Waals surface area contributed by atoms with Gasteiger partial charge in [-0.05, 0) is 48.6 Å².